The molecule has 1 N–H and O–H groups in total. The summed E-state index contributed by atoms with van der Waals surface area (Å²) >= 11 is 0. The highest BCUT2D eigenvalue weighted by atomic mass is 16.5. The second-order valence-electron chi connectivity index (χ2n) is 5.81. The zero-order valence-corrected chi connectivity index (χ0v) is 13.1. The number of aryl methyl sites for hydroxylation is 2. The predicted molar refractivity (Wildman–Crippen MR) is 82.7 cm³/mol. The second-order valence-corrected chi connectivity index (χ2v) is 5.81. The maximum atomic E-state index is 11.4. The number of hydrogen-bond acceptors (Lipinski definition) is 4. The molecule has 1 saturated heterocycles. The molecule has 1 fully saturated rings. The topological polar surface area (TPSA) is 73.6 Å². The number of carbonyl (C=O) groups is 1. The van der Waals surface area contributed by atoms with E-state index in [0.29, 0.717) is 18.7 Å². The Morgan fingerprint density at radius 3 is 2.82 bits per heavy atom. The average molecular weight is 302 g/mol. The Bertz CT molecular complexity index is 592. The molecule has 0 spiro atoms. The van der Waals surface area contributed by atoms with Gasteiger partial charge < -0.3 is 9.84 Å². The lowest BCUT2D eigenvalue weighted by Crippen LogP contribution is -2.44. The van der Waals surface area contributed by atoms with Crippen LogP contribution in [0.4, 0.5) is 0 Å². The van der Waals surface area contributed by atoms with E-state index in [4.69, 9.17) is 10.00 Å². The Balaban J connectivity index is 2.24. The first-order chi connectivity index (χ1) is 10.5. The minimum Gasteiger partial charge on any atom is -0.480 e. The Morgan fingerprint density at radius 1 is 1.41 bits per heavy atom. The van der Waals surface area contributed by atoms with Crippen molar-refractivity contribution in [1.29, 1.82) is 5.26 Å². The Labute approximate surface area is 131 Å². The number of ether oxygens (including phenoxy) is 1. The van der Waals surface area contributed by atoms with Crippen molar-refractivity contribution in [3.05, 3.63) is 28.8 Å². The van der Waals surface area contributed by atoms with Crippen molar-refractivity contribution in [2.45, 2.75) is 45.7 Å². The molecule has 0 amide bonds. The van der Waals surface area contributed by atoms with Gasteiger partial charge in [-0.2, -0.15) is 5.26 Å². The lowest BCUT2D eigenvalue weighted by Gasteiger charge is -2.33. The van der Waals surface area contributed by atoms with Gasteiger partial charge in [0.05, 0.1) is 0 Å². The van der Waals surface area contributed by atoms with Crippen molar-refractivity contribution >= 4 is 5.97 Å². The summed E-state index contributed by atoms with van der Waals surface area (Å²) in [5, 5.41) is 18.1. The molecule has 22 heavy (non-hydrogen) atoms. The van der Waals surface area contributed by atoms with Crippen LogP contribution in [0.15, 0.2) is 12.1 Å². The van der Waals surface area contributed by atoms with Crippen molar-refractivity contribution in [3.63, 3.8) is 0 Å². The smallest absolute Gasteiger partial charge is 0.320 e. The second kappa shape index (κ2) is 7.28. The van der Waals surface area contributed by atoms with Gasteiger partial charge in [0.25, 0.3) is 0 Å². The molecule has 0 bridgehead atoms. The average Bonchev–Trinajstić information content (AvgIpc) is 2.49. The van der Waals surface area contributed by atoms with Crippen molar-refractivity contribution in [2.24, 2.45) is 0 Å². The SMILES string of the molecule is Cc1cc(CN2CCCCC2C(=O)O)c(OCC#N)cc1C. The van der Waals surface area contributed by atoms with Gasteiger partial charge >= 0.3 is 5.97 Å². The number of hydrogen-bond donors (Lipinski definition) is 1. The third kappa shape index (κ3) is 3.77. The van der Waals surface area contributed by atoms with E-state index in [1.165, 1.54) is 0 Å². The van der Waals surface area contributed by atoms with Crippen LogP contribution in [0.3, 0.4) is 0 Å². The van der Waals surface area contributed by atoms with Crippen LogP contribution >= 0.6 is 0 Å². The number of rotatable bonds is 5. The number of likely N-dealkylation sites (tertiary alicyclic amines) is 1. The number of carboxylic acid groups (broad SMARTS) is 1. The van der Waals surface area contributed by atoms with Crippen LogP contribution in [-0.4, -0.2) is 35.2 Å². The van der Waals surface area contributed by atoms with Crippen LogP contribution in [0.5, 0.6) is 5.75 Å². The summed E-state index contributed by atoms with van der Waals surface area (Å²) in [6, 6.07) is 5.52. The molecule has 5 heteroatoms. The number of nitrogens with zero attached hydrogens (tertiary/aromatic N) is 2. The zero-order valence-electron chi connectivity index (χ0n) is 13.1. The Hall–Kier alpha value is -2.06. The first-order valence-corrected chi connectivity index (χ1v) is 7.59. The van der Waals surface area contributed by atoms with E-state index in [0.717, 1.165) is 36.1 Å². The maximum Gasteiger partial charge on any atom is 0.320 e. The van der Waals surface area contributed by atoms with E-state index in [-0.39, 0.29) is 6.61 Å². The zero-order chi connectivity index (χ0) is 16.1. The van der Waals surface area contributed by atoms with E-state index in [1.807, 2.05) is 36.9 Å². The number of aliphatic carboxylic acids is 1. The van der Waals surface area contributed by atoms with Crippen molar-refractivity contribution in [1.82, 2.24) is 4.90 Å². The van der Waals surface area contributed by atoms with E-state index >= 15 is 0 Å². The van der Waals surface area contributed by atoms with Gasteiger partial charge in [0.2, 0.25) is 0 Å². The fourth-order valence-electron chi connectivity index (χ4n) is 2.90. The Morgan fingerprint density at radius 2 is 2.14 bits per heavy atom. The molecule has 0 radical (unpaired) electrons. The van der Waals surface area contributed by atoms with Crippen LogP contribution in [-0.2, 0) is 11.3 Å². The fraction of sp³-hybridized carbons (Fsp3) is 0.529. The van der Waals surface area contributed by atoms with Gasteiger partial charge in [0, 0.05) is 12.1 Å². The van der Waals surface area contributed by atoms with E-state index < -0.39 is 12.0 Å². The Kier molecular flexibility index (Phi) is 5.40. The first kappa shape index (κ1) is 16.3. The number of carboxylic acids is 1. The van der Waals surface area contributed by atoms with Crippen LogP contribution in [0.2, 0.25) is 0 Å². The highest BCUT2D eigenvalue weighted by Crippen LogP contribution is 2.27. The van der Waals surface area contributed by atoms with E-state index in [1.54, 1.807) is 0 Å². The molecule has 1 unspecified atom stereocenters. The van der Waals surface area contributed by atoms with Crippen LogP contribution in [0.1, 0.15) is 36.0 Å². The lowest BCUT2D eigenvalue weighted by atomic mass is 9.99. The van der Waals surface area contributed by atoms with Gasteiger partial charge in [-0.15, -0.1) is 0 Å². The minimum atomic E-state index is -0.761. The van der Waals surface area contributed by atoms with Gasteiger partial charge in [-0.3, -0.25) is 9.69 Å². The third-order valence-corrected chi connectivity index (χ3v) is 4.24. The van der Waals surface area contributed by atoms with Gasteiger partial charge in [-0.1, -0.05) is 12.5 Å². The highest BCUT2D eigenvalue weighted by molar-refractivity contribution is 5.73. The van der Waals surface area contributed by atoms with Crippen LogP contribution in [0, 0.1) is 25.2 Å². The number of nitriles is 1. The molecule has 1 aromatic carbocycles. The van der Waals surface area contributed by atoms with Crippen molar-refractivity contribution in [3.8, 4) is 11.8 Å². The van der Waals surface area contributed by atoms with E-state index in [2.05, 4.69) is 0 Å². The number of benzene rings is 1. The summed E-state index contributed by atoms with van der Waals surface area (Å²) in [5.41, 5.74) is 3.19. The quantitative estimate of drug-likeness (QED) is 0.905. The normalized spacial score (nSPS) is 18.7. The molecule has 5 nitrogen and oxygen atoms in total. The molecule has 0 aliphatic carbocycles. The standard InChI is InChI=1S/C17H22N2O3/c1-12-9-14(16(10-13(12)2)22-8-6-18)11-19-7-4-3-5-15(19)17(20)21/h9-10,15H,3-5,7-8,11H2,1-2H3,(H,20,21). The molecule has 1 aliphatic heterocycles. The summed E-state index contributed by atoms with van der Waals surface area (Å²) in [7, 11) is 0. The van der Waals surface area contributed by atoms with Crippen molar-refractivity contribution < 1.29 is 14.6 Å². The van der Waals surface area contributed by atoms with Gasteiger partial charge in [-0.05, 0) is 50.4 Å². The molecule has 0 saturated carbocycles. The molecule has 1 atom stereocenters. The van der Waals surface area contributed by atoms with E-state index in [9.17, 15) is 9.90 Å². The predicted octanol–water partition coefficient (Wildman–Crippen LogP) is 2.64. The van der Waals surface area contributed by atoms with Crippen LogP contribution < -0.4 is 4.74 Å². The summed E-state index contributed by atoms with van der Waals surface area (Å²) < 4.78 is 5.52. The van der Waals surface area contributed by atoms with Crippen molar-refractivity contribution in [2.75, 3.05) is 13.2 Å². The molecule has 1 aromatic rings. The molecular weight excluding hydrogens is 280 g/mol. The molecule has 1 heterocycles. The summed E-state index contributed by atoms with van der Waals surface area (Å²) in [4.78, 5) is 13.4. The number of piperidine rings is 1. The summed E-state index contributed by atoms with van der Waals surface area (Å²) in [6.45, 7) is 5.34. The van der Waals surface area contributed by atoms with Gasteiger partial charge in [-0.25, -0.2) is 0 Å². The van der Waals surface area contributed by atoms with Gasteiger partial charge in [0.15, 0.2) is 6.61 Å². The summed E-state index contributed by atoms with van der Waals surface area (Å²) in [6.07, 6.45) is 2.66. The molecular formula is C17H22N2O3. The summed E-state index contributed by atoms with van der Waals surface area (Å²) in [5.74, 6) is -0.0811. The molecule has 2 rings (SSSR count). The van der Waals surface area contributed by atoms with Crippen LogP contribution in [0.25, 0.3) is 0 Å². The fourth-order valence-corrected chi connectivity index (χ4v) is 2.90. The highest BCUT2D eigenvalue weighted by Gasteiger charge is 2.29. The monoisotopic (exact) mass is 302 g/mol. The maximum absolute atomic E-state index is 11.4. The molecule has 1 aliphatic rings. The minimum absolute atomic E-state index is 0.00212. The largest absolute Gasteiger partial charge is 0.480 e. The molecule has 118 valence electrons. The third-order valence-electron chi connectivity index (χ3n) is 4.24. The molecule has 0 aromatic heterocycles. The lowest BCUT2D eigenvalue weighted by molar-refractivity contribution is -0.144. The first-order valence-electron chi connectivity index (χ1n) is 7.59. The van der Waals surface area contributed by atoms with Gasteiger partial charge in [0.1, 0.15) is 17.9 Å².